The summed E-state index contributed by atoms with van der Waals surface area (Å²) in [5.74, 6) is 1.32. The van der Waals surface area contributed by atoms with E-state index in [0.29, 0.717) is 5.82 Å². The second kappa shape index (κ2) is 6.38. The minimum Gasteiger partial charge on any atom is -0.340 e. The predicted octanol–water partition coefficient (Wildman–Crippen LogP) is 4.03. The van der Waals surface area contributed by atoms with Crippen LogP contribution in [-0.2, 0) is 7.05 Å². The van der Waals surface area contributed by atoms with Crippen LogP contribution in [0.1, 0.15) is 5.69 Å². The van der Waals surface area contributed by atoms with Crippen molar-refractivity contribution in [3.8, 4) is 11.5 Å². The first kappa shape index (κ1) is 16.3. The topological polar surface area (TPSA) is 81.4 Å². The minimum atomic E-state index is 0.588. The van der Waals surface area contributed by atoms with Crippen LogP contribution in [-0.4, -0.2) is 29.9 Å². The van der Waals surface area contributed by atoms with E-state index in [2.05, 4.69) is 20.5 Å². The van der Waals surface area contributed by atoms with Crippen LogP contribution < -0.4 is 5.32 Å². The second-order valence-corrected chi connectivity index (χ2v) is 6.60. The normalized spacial score (nSPS) is 11.2. The maximum Gasteiger partial charge on any atom is 0.180 e. The van der Waals surface area contributed by atoms with E-state index in [1.165, 1.54) is 0 Å². The van der Waals surface area contributed by atoms with E-state index < -0.39 is 0 Å². The molecule has 5 aromatic rings. The SMILES string of the molecule is Cc1cccc(-c2nc(Nc3ccc4nn(C)nc4c3)c3ccccc3n2)n1. The van der Waals surface area contributed by atoms with Crippen molar-refractivity contribution in [1.29, 1.82) is 0 Å². The highest BCUT2D eigenvalue weighted by molar-refractivity contribution is 5.92. The van der Waals surface area contributed by atoms with Gasteiger partial charge < -0.3 is 5.32 Å². The van der Waals surface area contributed by atoms with E-state index in [0.717, 1.165) is 44.8 Å². The van der Waals surface area contributed by atoms with Crippen LogP contribution in [0.25, 0.3) is 33.5 Å². The Bertz CT molecular complexity index is 1320. The molecular formula is C21H17N7. The summed E-state index contributed by atoms with van der Waals surface area (Å²) in [6.45, 7) is 1.96. The Kier molecular flexibility index (Phi) is 3.72. The zero-order chi connectivity index (χ0) is 19.1. The van der Waals surface area contributed by atoms with E-state index in [4.69, 9.17) is 9.97 Å². The van der Waals surface area contributed by atoms with Crippen LogP contribution in [0.5, 0.6) is 0 Å². The molecule has 0 spiro atoms. The van der Waals surface area contributed by atoms with Crippen molar-refractivity contribution >= 4 is 33.4 Å². The van der Waals surface area contributed by atoms with Gasteiger partial charge in [-0.05, 0) is 49.4 Å². The summed E-state index contributed by atoms with van der Waals surface area (Å²) in [5, 5.41) is 13.1. The summed E-state index contributed by atoms with van der Waals surface area (Å²) < 4.78 is 0. The van der Waals surface area contributed by atoms with Crippen LogP contribution >= 0.6 is 0 Å². The maximum absolute atomic E-state index is 4.77. The van der Waals surface area contributed by atoms with Crippen molar-refractivity contribution < 1.29 is 0 Å². The van der Waals surface area contributed by atoms with Gasteiger partial charge >= 0.3 is 0 Å². The number of hydrogen-bond acceptors (Lipinski definition) is 6. The number of nitrogens with zero attached hydrogens (tertiary/aromatic N) is 6. The van der Waals surface area contributed by atoms with Crippen LogP contribution in [0.3, 0.4) is 0 Å². The van der Waals surface area contributed by atoms with Gasteiger partial charge in [-0.15, -0.1) is 0 Å². The average molecular weight is 367 g/mol. The van der Waals surface area contributed by atoms with Gasteiger partial charge in [0.25, 0.3) is 0 Å². The standard InChI is InChI=1S/C21H17N7/c1-13-6-5-9-18(22-13)21-24-16-8-4-3-7-15(16)20(25-21)23-14-10-11-17-19(12-14)27-28(2)26-17/h3-12H,1-2H3,(H,23,24,25). The van der Waals surface area contributed by atoms with E-state index in [-0.39, 0.29) is 0 Å². The Labute approximate surface area is 161 Å². The molecule has 7 nitrogen and oxygen atoms in total. The van der Waals surface area contributed by atoms with Crippen molar-refractivity contribution in [3.63, 3.8) is 0 Å². The zero-order valence-corrected chi connectivity index (χ0v) is 15.5. The summed E-state index contributed by atoms with van der Waals surface area (Å²) in [7, 11) is 1.81. The lowest BCUT2D eigenvalue weighted by atomic mass is 10.2. The molecule has 0 saturated carbocycles. The molecule has 0 radical (unpaired) electrons. The van der Waals surface area contributed by atoms with Gasteiger partial charge in [0, 0.05) is 23.8 Å². The number of anilines is 2. The number of nitrogens with one attached hydrogen (secondary N) is 1. The van der Waals surface area contributed by atoms with Crippen molar-refractivity contribution in [2.24, 2.45) is 7.05 Å². The van der Waals surface area contributed by atoms with Gasteiger partial charge in [-0.1, -0.05) is 18.2 Å². The van der Waals surface area contributed by atoms with Crippen LogP contribution in [0, 0.1) is 6.92 Å². The molecule has 0 bridgehead atoms. The Balaban J connectivity index is 1.64. The lowest BCUT2D eigenvalue weighted by Crippen LogP contribution is -2.00. The summed E-state index contributed by atoms with van der Waals surface area (Å²) >= 11 is 0. The molecule has 5 rings (SSSR count). The molecule has 0 aliphatic carbocycles. The first-order valence-corrected chi connectivity index (χ1v) is 8.95. The van der Waals surface area contributed by atoms with Gasteiger partial charge in [-0.3, -0.25) is 0 Å². The minimum absolute atomic E-state index is 0.588. The number of benzene rings is 2. The molecule has 0 aliphatic rings. The van der Waals surface area contributed by atoms with E-state index in [1.807, 2.05) is 74.6 Å². The van der Waals surface area contributed by atoms with Crippen molar-refractivity contribution in [2.45, 2.75) is 6.92 Å². The Morgan fingerprint density at radius 2 is 1.64 bits per heavy atom. The summed E-state index contributed by atoms with van der Waals surface area (Å²) in [6.07, 6.45) is 0. The monoisotopic (exact) mass is 367 g/mol. The van der Waals surface area contributed by atoms with Gasteiger partial charge in [0.2, 0.25) is 0 Å². The summed E-state index contributed by atoms with van der Waals surface area (Å²) in [5.41, 5.74) is 5.10. The number of aromatic nitrogens is 6. The van der Waals surface area contributed by atoms with Crippen LogP contribution in [0.2, 0.25) is 0 Å². The zero-order valence-electron chi connectivity index (χ0n) is 15.5. The van der Waals surface area contributed by atoms with E-state index in [9.17, 15) is 0 Å². The molecule has 7 heteroatoms. The molecule has 3 aromatic heterocycles. The van der Waals surface area contributed by atoms with Gasteiger partial charge in [0.15, 0.2) is 5.82 Å². The van der Waals surface area contributed by atoms with Gasteiger partial charge in [0.1, 0.15) is 22.5 Å². The van der Waals surface area contributed by atoms with Crippen LogP contribution in [0.15, 0.2) is 60.7 Å². The Morgan fingerprint density at radius 3 is 2.54 bits per heavy atom. The van der Waals surface area contributed by atoms with Crippen molar-refractivity contribution in [3.05, 3.63) is 66.4 Å². The molecule has 0 fully saturated rings. The van der Waals surface area contributed by atoms with Crippen molar-refractivity contribution in [1.82, 2.24) is 29.9 Å². The van der Waals surface area contributed by atoms with E-state index in [1.54, 1.807) is 4.80 Å². The third kappa shape index (κ3) is 2.92. The number of pyridine rings is 1. The molecule has 2 aromatic carbocycles. The number of hydrogen-bond donors (Lipinski definition) is 1. The van der Waals surface area contributed by atoms with E-state index >= 15 is 0 Å². The first-order valence-electron chi connectivity index (χ1n) is 8.95. The van der Waals surface area contributed by atoms with Crippen molar-refractivity contribution in [2.75, 3.05) is 5.32 Å². The summed E-state index contributed by atoms with van der Waals surface area (Å²) in [4.78, 5) is 15.6. The third-order valence-electron chi connectivity index (χ3n) is 4.46. The van der Waals surface area contributed by atoms with Gasteiger partial charge in [-0.25, -0.2) is 15.0 Å². The molecule has 0 unspecified atom stereocenters. The number of rotatable bonds is 3. The molecule has 0 amide bonds. The Hall–Kier alpha value is -3.87. The first-order chi connectivity index (χ1) is 13.7. The smallest absolute Gasteiger partial charge is 0.180 e. The fourth-order valence-electron chi connectivity index (χ4n) is 3.19. The largest absolute Gasteiger partial charge is 0.340 e. The molecule has 0 saturated heterocycles. The average Bonchev–Trinajstić information content (AvgIpc) is 3.07. The lowest BCUT2D eigenvalue weighted by molar-refractivity contribution is 0.665. The highest BCUT2D eigenvalue weighted by atomic mass is 15.4. The molecule has 3 heterocycles. The highest BCUT2D eigenvalue weighted by Crippen LogP contribution is 2.27. The predicted molar refractivity (Wildman–Crippen MR) is 109 cm³/mol. The highest BCUT2D eigenvalue weighted by Gasteiger charge is 2.11. The number of aryl methyl sites for hydroxylation is 2. The molecule has 0 atom stereocenters. The number of fused-ring (bicyclic) bond motifs is 2. The molecule has 1 N–H and O–H groups in total. The molecule has 28 heavy (non-hydrogen) atoms. The number of para-hydroxylation sites is 1. The fourth-order valence-corrected chi connectivity index (χ4v) is 3.19. The summed E-state index contributed by atoms with van der Waals surface area (Å²) in [6, 6.07) is 19.7. The maximum atomic E-state index is 4.77. The molecule has 0 aliphatic heterocycles. The Morgan fingerprint density at radius 1 is 0.786 bits per heavy atom. The molecular weight excluding hydrogens is 350 g/mol. The third-order valence-corrected chi connectivity index (χ3v) is 4.46. The fraction of sp³-hybridized carbons (Fsp3) is 0.0952. The molecule has 136 valence electrons. The van der Waals surface area contributed by atoms with Crippen LogP contribution in [0.4, 0.5) is 11.5 Å². The second-order valence-electron chi connectivity index (χ2n) is 6.60. The lowest BCUT2D eigenvalue weighted by Gasteiger charge is -2.11. The quantitative estimate of drug-likeness (QED) is 0.519. The van der Waals surface area contributed by atoms with Gasteiger partial charge in [0.05, 0.1) is 5.52 Å². The van der Waals surface area contributed by atoms with Gasteiger partial charge in [-0.2, -0.15) is 15.0 Å².